The third-order valence-electron chi connectivity index (χ3n) is 4.66. The predicted octanol–water partition coefficient (Wildman–Crippen LogP) is 3.00. The fourth-order valence-electron chi connectivity index (χ4n) is 3.02. The molecule has 0 saturated heterocycles. The number of benzene rings is 2. The smallest absolute Gasteiger partial charge is 0.314 e. The van der Waals surface area contributed by atoms with Gasteiger partial charge in [0.1, 0.15) is 5.60 Å². The van der Waals surface area contributed by atoms with Gasteiger partial charge in [-0.05, 0) is 36.3 Å². The number of carbonyl (C=O) groups excluding carboxylic acids is 1. The van der Waals surface area contributed by atoms with Gasteiger partial charge in [-0.3, -0.25) is 0 Å². The molecule has 0 aliphatic heterocycles. The van der Waals surface area contributed by atoms with E-state index in [4.69, 9.17) is 0 Å². The highest BCUT2D eigenvalue weighted by atomic mass is 16.3. The third kappa shape index (κ3) is 4.15. The summed E-state index contributed by atoms with van der Waals surface area (Å²) in [6.07, 6.45) is 1.12. The van der Waals surface area contributed by atoms with Crippen LogP contribution < -0.4 is 10.6 Å². The van der Waals surface area contributed by atoms with E-state index in [1.165, 1.54) is 5.56 Å². The average molecular weight is 324 g/mol. The molecule has 3 atom stereocenters. The van der Waals surface area contributed by atoms with Crippen molar-refractivity contribution in [2.45, 2.75) is 24.9 Å². The fraction of sp³-hybridized carbons (Fsp3) is 0.350. The molecule has 0 spiro atoms. The summed E-state index contributed by atoms with van der Waals surface area (Å²) in [5, 5.41) is 16.1. The van der Waals surface area contributed by atoms with Gasteiger partial charge in [0.15, 0.2) is 0 Å². The maximum absolute atomic E-state index is 12.0. The third-order valence-corrected chi connectivity index (χ3v) is 4.66. The molecule has 2 aromatic carbocycles. The number of amides is 2. The first-order chi connectivity index (χ1) is 11.6. The SMILES string of the molecule is CC(O)(CNC(=O)NCC1CC1c1ccccc1)c1ccccc1. The van der Waals surface area contributed by atoms with Crippen LogP contribution in [-0.2, 0) is 5.60 Å². The molecule has 3 unspecified atom stereocenters. The van der Waals surface area contributed by atoms with E-state index < -0.39 is 5.60 Å². The summed E-state index contributed by atoms with van der Waals surface area (Å²) >= 11 is 0. The van der Waals surface area contributed by atoms with Gasteiger partial charge in [0.2, 0.25) is 0 Å². The topological polar surface area (TPSA) is 61.4 Å². The van der Waals surface area contributed by atoms with Crippen molar-refractivity contribution < 1.29 is 9.90 Å². The van der Waals surface area contributed by atoms with Crippen LogP contribution in [0.1, 0.15) is 30.4 Å². The molecule has 1 aliphatic rings. The molecule has 0 heterocycles. The molecule has 1 saturated carbocycles. The number of rotatable bonds is 6. The Morgan fingerprint density at radius 2 is 1.71 bits per heavy atom. The molecule has 2 aromatic rings. The Morgan fingerprint density at radius 1 is 1.08 bits per heavy atom. The highest BCUT2D eigenvalue weighted by Gasteiger charge is 2.38. The van der Waals surface area contributed by atoms with Gasteiger partial charge in [-0.15, -0.1) is 0 Å². The van der Waals surface area contributed by atoms with Gasteiger partial charge in [-0.2, -0.15) is 0 Å². The standard InChI is InChI=1S/C20H24N2O2/c1-20(24,17-10-6-3-7-11-17)14-22-19(23)21-13-16-12-18(16)15-8-4-2-5-9-15/h2-11,16,18,24H,12-14H2,1H3,(H2,21,22,23). The van der Waals surface area contributed by atoms with Crippen molar-refractivity contribution in [2.24, 2.45) is 5.92 Å². The summed E-state index contributed by atoms with van der Waals surface area (Å²) in [6.45, 7) is 2.55. The summed E-state index contributed by atoms with van der Waals surface area (Å²) in [6, 6.07) is 19.5. The van der Waals surface area contributed by atoms with Crippen LogP contribution >= 0.6 is 0 Å². The minimum atomic E-state index is -1.08. The Balaban J connectivity index is 1.41. The largest absolute Gasteiger partial charge is 0.384 e. The molecule has 0 bridgehead atoms. The van der Waals surface area contributed by atoms with Crippen LogP contribution in [0.5, 0.6) is 0 Å². The van der Waals surface area contributed by atoms with Gasteiger partial charge in [-0.25, -0.2) is 4.79 Å². The van der Waals surface area contributed by atoms with Crippen molar-refractivity contribution in [1.82, 2.24) is 10.6 Å². The van der Waals surface area contributed by atoms with E-state index in [1.807, 2.05) is 36.4 Å². The van der Waals surface area contributed by atoms with Gasteiger partial charge in [0.25, 0.3) is 0 Å². The van der Waals surface area contributed by atoms with Crippen molar-refractivity contribution in [3.8, 4) is 0 Å². The van der Waals surface area contributed by atoms with E-state index in [0.29, 0.717) is 18.4 Å². The second-order valence-electron chi connectivity index (χ2n) is 6.72. The lowest BCUT2D eigenvalue weighted by atomic mass is 9.96. The van der Waals surface area contributed by atoms with Gasteiger partial charge in [0.05, 0.1) is 6.54 Å². The molecule has 4 nitrogen and oxygen atoms in total. The van der Waals surface area contributed by atoms with E-state index in [9.17, 15) is 9.90 Å². The number of carbonyl (C=O) groups is 1. The van der Waals surface area contributed by atoms with Crippen LogP contribution in [0.4, 0.5) is 4.79 Å². The summed E-state index contributed by atoms with van der Waals surface area (Å²) in [7, 11) is 0. The number of hydrogen-bond donors (Lipinski definition) is 3. The molecular weight excluding hydrogens is 300 g/mol. The number of urea groups is 1. The van der Waals surface area contributed by atoms with Crippen LogP contribution in [0, 0.1) is 5.92 Å². The van der Waals surface area contributed by atoms with Crippen molar-refractivity contribution >= 4 is 6.03 Å². The van der Waals surface area contributed by atoms with E-state index in [0.717, 1.165) is 12.0 Å². The number of aliphatic hydroxyl groups is 1. The lowest BCUT2D eigenvalue weighted by Gasteiger charge is -2.24. The molecule has 4 heteroatoms. The van der Waals surface area contributed by atoms with Crippen molar-refractivity contribution in [3.05, 3.63) is 71.8 Å². The molecule has 24 heavy (non-hydrogen) atoms. The molecule has 126 valence electrons. The predicted molar refractivity (Wildman–Crippen MR) is 94.7 cm³/mol. The minimum absolute atomic E-state index is 0.176. The van der Waals surface area contributed by atoms with E-state index in [-0.39, 0.29) is 12.6 Å². The molecular formula is C20H24N2O2. The maximum Gasteiger partial charge on any atom is 0.314 e. The van der Waals surface area contributed by atoms with Crippen molar-refractivity contribution in [1.29, 1.82) is 0 Å². The lowest BCUT2D eigenvalue weighted by Crippen LogP contribution is -2.44. The second-order valence-corrected chi connectivity index (χ2v) is 6.72. The average Bonchev–Trinajstić information content (AvgIpc) is 3.39. The monoisotopic (exact) mass is 324 g/mol. The van der Waals surface area contributed by atoms with Crippen LogP contribution in [0.25, 0.3) is 0 Å². The molecule has 2 amide bonds. The van der Waals surface area contributed by atoms with Crippen LogP contribution in [0.15, 0.2) is 60.7 Å². The normalized spacial score (nSPS) is 21.6. The van der Waals surface area contributed by atoms with Crippen molar-refractivity contribution in [2.75, 3.05) is 13.1 Å². The van der Waals surface area contributed by atoms with Crippen LogP contribution in [0.2, 0.25) is 0 Å². The highest BCUT2D eigenvalue weighted by Crippen LogP contribution is 2.46. The van der Waals surface area contributed by atoms with Crippen molar-refractivity contribution in [3.63, 3.8) is 0 Å². The lowest BCUT2D eigenvalue weighted by molar-refractivity contribution is 0.0594. The quantitative estimate of drug-likeness (QED) is 0.765. The molecule has 1 aliphatic carbocycles. The molecule has 0 aromatic heterocycles. The summed E-state index contributed by atoms with van der Waals surface area (Å²) in [5.41, 5.74) is 1.05. The number of nitrogens with one attached hydrogen (secondary N) is 2. The van der Waals surface area contributed by atoms with Crippen LogP contribution in [-0.4, -0.2) is 24.2 Å². The first kappa shape index (κ1) is 16.5. The highest BCUT2D eigenvalue weighted by molar-refractivity contribution is 5.74. The van der Waals surface area contributed by atoms with Gasteiger partial charge >= 0.3 is 6.03 Å². The van der Waals surface area contributed by atoms with E-state index in [1.54, 1.807) is 6.92 Å². The van der Waals surface area contributed by atoms with Gasteiger partial charge in [-0.1, -0.05) is 60.7 Å². The fourth-order valence-corrected chi connectivity index (χ4v) is 3.02. The number of hydrogen-bond acceptors (Lipinski definition) is 2. The Kier molecular flexibility index (Phi) is 4.86. The first-order valence-corrected chi connectivity index (χ1v) is 8.41. The van der Waals surface area contributed by atoms with Crippen LogP contribution in [0.3, 0.4) is 0 Å². The summed E-state index contributed by atoms with van der Waals surface area (Å²) in [5.74, 6) is 1.06. The maximum atomic E-state index is 12.0. The Morgan fingerprint density at radius 3 is 2.38 bits per heavy atom. The van der Waals surface area contributed by atoms with E-state index >= 15 is 0 Å². The second kappa shape index (κ2) is 7.05. The molecule has 3 N–H and O–H groups in total. The summed E-state index contributed by atoms with van der Waals surface area (Å²) < 4.78 is 0. The van der Waals surface area contributed by atoms with E-state index in [2.05, 4.69) is 34.9 Å². The molecule has 1 fully saturated rings. The van der Waals surface area contributed by atoms with Gasteiger partial charge in [0, 0.05) is 6.54 Å². The van der Waals surface area contributed by atoms with Gasteiger partial charge < -0.3 is 15.7 Å². The molecule has 3 rings (SSSR count). The Labute approximate surface area is 142 Å². The summed E-state index contributed by atoms with van der Waals surface area (Å²) in [4.78, 5) is 12.0. The Bertz CT molecular complexity index is 671. The zero-order valence-corrected chi connectivity index (χ0v) is 13.9. The minimum Gasteiger partial charge on any atom is -0.384 e. The Hall–Kier alpha value is -2.33. The zero-order valence-electron chi connectivity index (χ0n) is 13.9. The first-order valence-electron chi connectivity index (χ1n) is 8.41. The molecule has 0 radical (unpaired) electrons. The zero-order chi connectivity index (χ0) is 17.0.